The maximum absolute atomic E-state index is 12.5. The van der Waals surface area contributed by atoms with Gasteiger partial charge in [0.1, 0.15) is 0 Å². The largest absolute Gasteiger partial charge is 0.481 e. The molecule has 0 aromatic heterocycles. The minimum atomic E-state index is -0.903. The Bertz CT molecular complexity index is 353. The number of rotatable bonds is 3. The predicted molar refractivity (Wildman–Crippen MR) is 68.6 cm³/mol. The number of carbonyl (C=O) groups is 2. The Kier molecular flexibility index (Phi) is 4.42. The van der Waals surface area contributed by atoms with Gasteiger partial charge in [-0.25, -0.2) is 0 Å². The van der Waals surface area contributed by atoms with Crippen molar-refractivity contribution in [2.75, 3.05) is 19.7 Å². The minimum Gasteiger partial charge on any atom is -0.481 e. The van der Waals surface area contributed by atoms with Gasteiger partial charge in [0.15, 0.2) is 0 Å². The van der Waals surface area contributed by atoms with E-state index in [4.69, 9.17) is 15.6 Å². The van der Waals surface area contributed by atoms with Crippen LogP contribution in [0.3, 0.4) is 0 Å². The maximum Gasteiger partial charge on any atom is 0.306 e. The number of hydrogen-bond donors (Lipinski definition) is 2. The fraction of sp³-hybridized carbons (Fsp3) is 0.846. The van der Waals surface area contributed by atoms with Crippen LogP contribution in [0.25, 0.3) is 0 Å². The number of carboxylic acids is 1. The standard InChI is InChI=1S/C13H22N2O4/c14-13(4-2-1-3-5-13)12(18)15-6-7-19-10(9-15)8-11(16)17/h10H,1-9,14H2,(H,16,17). The summed E-state index contributed by atoms with van der Waals surface area (Å²) in [6, 6.07) is 0. The summed E-state index contributed by atoms with van der Waals surface area (Å²) >= 11 is 0. The Labute approximate surface area is 112 Å². The highest BCUT2D eigenvalue weighted by atomic mass is 16.5. The molecule has 1 aliphatic carbocycles. The molecular formula is C13H22N2O4. The summed E-state index contributed by atoms with van der Waals surface area (Å²) in [4.78, 5) is 24.9. The van der Waals surface area contributed by atoms with E-state index in [-0.39, 0.29) is 12.3 Å². The zero-order valence-corrected chi connectivity index (χ0v) is 11.1. The lowest BCUT2D eigenvalue weighted by Gasteiger charge is -2.40. The van der Waals surface area contributed by atoms with Gasteiger partial charge < -0.3 is 20.5 Å². The SMILES string of the molecule is NC1(C(=O)N2CCOC(CC(=O)O)C2)CCCCC1. The lowest BCUT2D eigenvalue weighted by molar-refractivity contribution is -0.151. The molecule has 2 aliphatic rings. The Morgan fingerprint density at radius 2 is 2.00 bits per heavy atom. The second-order valence-electron chi connectivity index (χ2n) is 5.56. The van der Waals surface area contributed by atoms with Gasteiger partial charge >= 0.3 is 5.97 Å². The fourth-order valence-electron chi connectivity index (χ4n) is 2.93. The number of nitrogens with zero attached hydrogens (tertiary/aromatic N) is 1. The molecule has 0 aromatic carbocycles. The molecule has 0 radical (unpaired) electrons. The average molecular weight is 270 g/mol. The number of carbonyl (C=O) groups excluding carboxylic acids is 1. The van der Waals surface area contributed by atoms with E-state index in [1.54, 1.807) is 4.90 Å². The molecule has 6 heteroatoms. The molecule has 108 valence electrons. The second-order valence-corrected chi connectivity index (χ2v) is 5.56. The number of aliphatic carboxylic acids is 1. The zero-order chi connectivity index (χ0) is 13.9. The van der Waals surface area contributed by atoms with Crippen LogP contribution in [0.5, 0.6) is 0 Å². The predicted octanol–water partition coefficient (Wildman–Crippen LogP) is 0.350. The van der Waals surface area contributed by atoms with Crippen molar-refractivity contribution in [3.05, 3.63) is 0 Å². The third-order valence-corrected chi connectivity index (χ3v) is 4.00. The third kappa shape index (κ3) is 3.45. The van der Waals surface area contributed by atoms with E-state index in [0.29, 0.717) is 19.7 Å². The number of amides is 1. The lowest BCUT2D eigenvalue weighted by atomic mass is 9.81. The van der Waals surface area contributed by atoms with Crippen LogP contribution in [0.2, 0.25) is 0 Å². The van der Waals surface area contributed by atoms with Gasteiger partial charge in [0.2, 0.25) is 5.91 Å². The van der Waals surface area contributed by atoms with Gasteiger partial charge in [-0.3, -0.25) is 9.59 Å². The van der Waals surface area contributed by atoms with Gasteiger partial charge in [-0.05, 0) is 12.8 Å². The summed E-state index contributed by atoms with van der Waals surface area (Å²) in [5.41, 5.74) is 5.49. The normalized spacial score (nSPS) is 27.0. The first kappa shape index (κ1) is 14.3. The van der Waals surface area contributed by atoms with Crippen LogP contribution in [0.4, 0.5) is 0 Å². The van der Waals surface area contributed by atoms with Crippen LogP contribution in [0, 0.1) is 0 Å². The molecule has 0 spiro atoms. The smallest absolute Gasteiger partial charge is 0.306 e. The molecule has 2 rings (SSSR count). The highest BCUT2D eigenvalue weighted by molar-refractivity contribution is 5.86. The molecule has 1 amide bonds. The van der Waals surface area contributed by atoms with Crippen LogP contribution < -0.4 is 5.73 Å². The molecular weight excluding hydrogens is 248 g/mol. The van der Waals surface area contributed by atoms with Crippen molar-refractivity contribution in [3.63, 3.8) is 0 Å². The quantitative estimate of drug-likeness (QED) is 0.772. The molecule has 1 saturated heterocycles. The maximum atomic E-state index is 12.5. The van der Waals surface area contributed by atoms with Crippen molar-refractivity contribution < 1.29 is 19.4 Å². The second kappa shape index (κ2) is 5.88. The molecule has 1 heterocycles. The molecule has 3 N–H and O–H groups in total. The summed E-state index contributed by atoms with van der Waals surface area (Å²) in [5.74, 6) is -0.940. The van der Waals surface area contributed by atoms with Crippen LogP contribution in [0.1, 0.15) is 38.5 Å². The van der Waals surface area contributed by atoms with Gasteiger partial charge in [0.05, 0.1) is 24.7 Å². The van der Waals surface area contributed by atoms with Crippen molar-refractivity contribution in [2.45, 2.75) is 50.2 Å². The lowest BCUT2D eigenvalue weighted by Crippen LogP contribution is -2.59. The summed E-state index contributed by atoms with van der Waals surface area (Å²) in [6.07, 6.45) is 4.09. The highest BCUT2D eigenvalue weighted by Crippen LogP contribution is 2.28. The molecule has 1 atom stereocenters. The highest BCUT2D eigenvalue weighted by Gasteiger charge is 2.40. The number of morpholine rings is 1. The van der Waals surface area contributed by atoms with Gasteiger partial charge in [-0.15, -0.1) is 0 Å². The van der Waals surface area contributed by atoms with E-state index < -0.39 is 17.6 Å². The van der Waals surface area contributed by atoms with E-state index in [1.165, 1.54) is 0 Å². The number of nitrogens with two attached hydrogens (primary N) is 1. The van der Waals surface area contributed by atoms with Crippen LogP contribution in [-0.2, 0) is 14.3 Å². The molecule has 19 heavy (non-hydrogen) atoms. The topological polar surface area (TPSA) is 92.9 Å². The van der Waals surface area contributed by atoms with Crippen LogP contribution >= 0.6 is 0 Å². The van der Waals surface area contributed by atoms with E-state index in [0.717, 1.165) is 32.1 Å². The first-order chi connectivity index (χ1) is 9.01. The monoisotopic (exact) mass is 270 g/mol. The van der Waals surface area contributed by atoms with Crippen LogP contribution in [0.15, 0.2) is 0 Å². The van der Waals surface area contributed by atoms with Crippen molar-refractivity contribution in [1.29, 1.82) is 0 Å². The molecule has 0 bridgehead atoms. The number of ether oxygens (including phenoxy) is 1. The van der Waals surface area contributed by atoms with Crippen molar-refractivity contribution >= 4 is 11.9 Å². The molecule has 1 unspecified atom stereocenters. The zero-order valence-electron chi connectivity index (χ0n) is 11.1. The van der Waals surface area contributed by atoms with Crippen molar-refractivity contribution in [1.82, 2.24) is 4.90 Å². The number of hydrogen-bond acceptors (Lipinski definition) is 4. The van der Waals surface area contributed by atoms with Gasteiger partial charge in [-0.1, -0.05) is 19.3 Å². The van der Waals surface area contributed by atoms with Gasteiger partial charge in [0, 0.05) is 13.1 Å². The van der Waals surface area contributed by atoms with E-state index in [9.17, 15) is 9.59 Å². The van der Waals surface area contributed by atoms with E-state index >= 15 is 0 Å². The fourth-order valence-corrected chi connectivity index (χ4v) is 2.93. The molecule has 0 aromatic rings. The van der Waals surface area contributed by atoms with Crippen molar-refractivity contribution in [3.8, 4) is 0 Å². The first-order valence-electron chi connectivity index (χ1n) is 6.93. The Morgan fingerprint density at radius 1 is 1.32 bits per heavy atom. The molecule has 1 saturated carbocycles. The first-order valence-corrected chi connectivity index (χ1v) is 6.93. The molecule has 1 aliphatic heterocycles. The summed E-state index contributed by atoms with van der Waals surface area (Å²) in [6.45, 7) is 1.23. The Hall–Kier alpha value is -1.14. The summed E-state index contributed by atoms with van der Waals surface area (Å²) in [5, 5.41) is 8.78. The Balaban J connectivity index is 1.96. The van der Waals surface area contributed by atoms with Gasteiger partial charge in [-0.2, -0.15) is 0 Å². The van der Waals surface area contributed by atoms with Crippen LogP contribution in [-0.4, -0.2) is 53.2 Å². The van der Waals surface area contributed by atoms with E-state index in [1.807, 2.05) is 0 Å². The summed E-state index contributed by atoms with van der Waals surface area (Å²) < 4.78 is 5.37. The van der Waals surface area contributed by atoms with Gasteiger partial charge in [0.25, 0.3) is 0 Å². The molecule has 6 nitrogen and oxygen atoms in total. The van der Waals surface area contributed by atoms with E-state index in [2.05, 4.69) is 0 Å². The van der Waals surface area contributed by atoms with Crippen molar-refractivity contribution in [2.24, 2.45) is 5.73 Å². The molecule has 2 fully saturated rings. The number of carboxylic acid groups (broad SMARTS) is 1. The third-order valence-electron chi connectivity index (χ3n) is 4.00. The summed E-state index contributed by atoms with van der Waals surface area (Å²) in [7, 11) is 0. The average Bonchev–Trinajstić information content (AvgIpc) is 2.38. The Morgan fingerprint density at radius 3 is 2.63 bits per heavy atom. The minimum absolute atomic E-state index is 0.0362.